The first-order valence-electron chi connectivity index (χ1n) is 10.5. The molecule has 1 fully saturated rings. The number of ketones is 1. The number of aliphatic hydroxyl groups excluding tert-OH is 1. The monoisotopic (exact) mass is 479 g/mol. The molecule has 34 heavy (non-hydrogen) atoms. The molecule has 0 aliphatic carbocycles. The summed E-state index contributed by atoms with van der Waals surface area (Å²) in [6.45, 7) is 5.98. The molecular formula is C24H21N3O6S. The van der Waals surface area contributed by atoms with Crippen LogP contribution in [0.2, 0.25) is 0 Å². The first-order valence-corrected chi connectivity index (χ1v) is 11.3. The summed E-state index contributed by atoms with van der Waals surface area (Å²) in [6.07, 6.45) is 0. The number of aromatic nitrogens is 1. The molecule has 0 saturated carbocycles. The molecule has 0 bridgehead atoms. The van der Waals surface area contributed by atoms with Crippen molar-refractivity contribution in [2.75, 3.05) is 11.5 Å². The van der Waals surface area contributed by atoms with Gasteiger partial charge in [0.15, 0.2) is 5.13 Å². The van der Waals surface area contributed by atoms with Crippen molar-refractivity contribution >= 4 is 39.6 Å². The summed E-state index contributed by atoms with van der Waals surface area (Å²) < 4.78 is 5.42. The molecule has 0 radical (unpaired) electrons. The second kappa shape index (κ2) is 9.06. The summed E-state index contributed by atoms with van der Waals surface area (Å²) >= 11 is 1.25. The van der Waals surface area contributed by atoms with Crippen LogP contribution in [0.15, 0.2) is 54.1 Å². The summed E-state index contributed by atoms with van der Waals surface area (Å²) in [4.78, 5) is 43.4. The maximum absolute atomic E-state index is 13.2. The number of aryl methyl sites for hydroxylation is 2. The first-order chi connectivity index (χ1) is 16.2. The Bertz CT molecular complexity index is 1290. The number of hydrogen-bond donors (Lipinski definition) is 1. The normalized spacial score (nSPS) is 17.3. The molecule has 10 heteroatoms. The van der Waals surface area contributed by atoms with E-state index >= 15 is 0 Å². The zero-order valence-corrected chi connectivity index (χ0v) is 19.5. The van der Waals surface area contributed by atoms with Gasteiger partial charge in [0.05, 0.1) is 28.8 Å². The van der Waals surface area contributed by atoms with Crippen LogP contribution in [0, 0.1) is 24.0 Å². The standard InChI is InChI=1S/C24H21N3O6S/c1-4-33-18-11-7-16(8-12-18)21(28)19-20(15-5-9-17(10-6-15)27(31)32)26(23(30)22(19)29)24-25-13(2)14(3)34-24/h5-12,20,28H,4H2,1-3H3/t20-/m0/s1. The maximum Gasteiger partial charge on any atom is 0.301 e. The zero-order chi connectivity index (χ0) is 24.6. The fourth-order valence-corrected chi connectivity index (χ4v) is 4.65. The Kier molecular flexibility index (Phi) is 6.16. The van der Waals surface area contributed by atoms with Gasteiger partial charge in [0.25, 0.3) is 11.5 Å². The second-order valence-electron chi connectivity index (χ2n) is 7.61. The molecule has 1 atom stereocenters. The molecule has 174 valence electrons. The van der Waals surface area contributed by atoms with Crippen LogP contribution in [0.4, 0.5) is 10.8 Å². The number of nitro groups is 1. The molecule has 2 aromatic carbocycles. The van der Waals surface area contributed by atoms with Gasteiger partial charge >= 0.3 is 5.91 Å². The van der Waals surface area contributed by atoms with E-state index in [1.165, 1.54) is 40.5 Å². The molecular weight excluding hydrogens is 458 g/mol. The quantitative estimate of drug-likeness (QED) is 0.179. The Labute approximate surface area is 199 Å². The Hall–Kier alpha value is -4.05. The number of anilines is 1. The Balaban J connectivity index is 1.89. The third kappa shape index (κ3) is 4.03. The molecule has 1 aliphatic heterocycles. The number of non-ortho nitro benzene ring substituents is 1. The predicted molar refractivity (Wildman–Crippen MR) is 127 cm³/mol. The van der Waals surface area contributed by atoms with Crippen molar-refractivity contribution in [3.63, 3.8) is 0 Å². The molecule has 1 aromatic heterocycles. The molecule has 0 unspecified atom stereocenters. The molecule has 1 aliphatic rings. The van der Waals surface area contributed by atoms with Crippen molar-refractivity contribution in [2.45, 2.75) is 26.8 Å². The molecule has 4 rings (SSSR count). The third-order valence-electron chi connectivity index (χ3n) is 5.53. The van der Waals surface area contributed by atoms with Gasteiger partial charge in [-0.1, -0.05) is 0 Å². The van der Waals surface area contributed by atoms with E-state index in [4.69, 9.17) is 4.74 Å². The van der Waals surface area contributed by atoms with Crippen molar-refractivity contribution in [1.29, 1.82) is 0 Å². The van der Waals surface area contributed by atoms with Crippen molar-refractivity contribution in [2.24, 2.45) is 0 Å². The van der Waals surface area contributed by atoms with Gasteiger partial charge in [0.1, 0.15) is 11.5 Å². The van der Waals surface area contributed by atoms with Gasteiger partial charge in [-0.15, -0.1) is 11.3 Å². The third-order valence-corrected chi connectivity index (χ3v) is 6.60. The summed E-state index contributed by atoms with van der Waals surface area (Å²) in [5.74, 6) is -1.44. The summed E-state index contributed by atoms with van der Waals surface area (Å²) in [5.41, 5.74) is 1.24. The highest BCUT2D eigenvalue weighted by Gasteiger charge is 2.48. The van der Waals surface area contributed by atoms with Gasteiger partial charge in [-0.05, 0) is 62.7 Å². The van der Waals surface area contributed by atoms with E-state index in [1.807, 2.05) is 13.8 Å². The highest BCUT2D eigenvalue weighted by molar-refractivity contribution is 7.16. The first kappa shape index (κ1) is 23.1. The zero-order valence-electron chi connectivity index (χ0n) is 18.6. The van der Waals surface area contributed by atoms with E-state index in [1.54, 1.807) is 31.2 Å². The number of carbonyl (C=O) groups is 2. The fourth-order valence-electron chi connectivity index (χ4n) is 3.71. The van der Waals surface area contributed by atoms with Gasteiger partial charge in [-0.2, -0.15) is 0 Å². The van der Waals surface area contributed by atoms with E-state index in [2.05, 4.69) is 4.98 Å². The number of carbonyl (C=O) groups excluding carboxylic acids is 2. The lowest BCUT2D eigenvalue weighted by molar-refractivity contribution is -0.384. The highest BCUT2D eigenvalue weighted by atomic mass is 32.1. The lowest BCUT2D eigenvalue weighted by atomic mass is 9.95. The predicted octanol–water partition coefficient (Wildman–Crippen LogP) is 4.69. The summed E-state index contributed by atoms with van der Waals surface area (Å²) in [6, 6.07) is 11.0. The number of nitro benzene ring substituents is 1. The van der Waals surface area contributed by atoms with Crippen molar-refractivity contribution < 1.29 is 24.4 Å². The number of aliphatic hydroxyl groups is 1. The van der Waals surface area contributed by atoms with E-state index in [0.717, 1.165) is 10.6 Å². The van der Waals surface area contributed by atoms with Crippen molar-refractivity contribution in [3.05, 3.63) is 85.9 Å². The maximum atomic E-state index is 13.2. The number of ether oxygens (including phenoxy) is 1. The van der Waals surface area contributed by atoms with Crippen LogP contribution in [0.25, 0.3) is 5.76 Å². The van der Waals surface area contributed by atoms with E-state index in [9.17, 15) is 24.8 Å². The van der Waals surface area contributed by atoms with Gasteiger partial charge in [-0.3, -0.25) is 24.6 Å². The van der Waals surface area contributed by atoms with E-state index < -0.39 is 22.7 Å². The average Bonchev–Trinajstić information content (AvgIpc) is 3.29. The van der Waals surface area contributed by atoms with Crippen LogP contribution in [-0.2, 0) is 9.59 Å². The topological polar surface area (TPSA) is 123 Å². The molecule has 1 saturated heterocycles. The molecule has 2 heterocycles. The van der Waals surface area contributed by atoms with Crippen LogP contribution in [0.3, 0.4) is 0 Å². The fraction of sp³-hybridized carbons (Fsp3) is 0.208. The van der Waals surface area contributed by atoms with E-state index in [0.29, 0.717) is 28.6 Å². The van der Waals surface area contributed by atoms with Crippen LogP contribution >= 0.6 is 11.3 Å². The van der Waals surface area contributed by atoms with Crippen LogP contribution in [-0.4, -0.2) is 33.3 Å². The Morgan fingerprint density at radius 3 is 2.32 bits per heavy atom. The lowest BCUT2D eigenvalue weighted by Gasteiger charge is -2.23. The minimum atomic E-state index is -1.00. The molecule has 9 nitrogen and oxygen atoms in total. The number of amides is 1. The second-order valence-corrected chi connectivity index (χ2v) is 8.79. The molecule has 0 spiro atoms. The average molecular weight is 480 g/mol. The Morgan fingerprint density at radius 1 is 1.15 bits per heavy atom. The molecule has 1 amide bonds. The lowest BCUT2D eigenvalue weighted by Crippen LogP contribution is -2.29. The van der Waals surface area contributed by atoms with Gasteiger partial charge in [-0.25, -0.2) is 4.98 Å². The SMILES string of the molecule is CCOc1ccc(C(O)=C2C(=O)C(=O)N(c3nc(C)c(C)s3)[C@H]2c2ccc([N+](=O)[O-])cc2)cc1. The number of hydrogen-bond acceptors (Lipinski definition) is 8. The summed E-state index contributed by atoms with van der Waals surface area (Å²) in [7, 11) is 0. The molecule has 1 N–H and O–H groups in total. The van der Waals surface area contributed by atoms with Crippen LogP contribution in [0.1, 0.15) is 34.7 Å². The minimum absolute atomic E-state index is 0.117. The van der Waals surface area contributed by atoms with Crippen molar-refractivity contribution in [3.8, 4) is 5.75 Å². The van der Waals surface area contributed by atoms with Crippen molar-refractivity contribution in [1.82, 2.24) is 4.98 Å². The smallest absolute Gasteiger partial charge is 0.301 e. The number of Topliss-reactive ketones (excluding diaryl/α,β-unsaturated/α-hetero) is 1. The van der Waals surface area contributed by atoms with Gasteiger partial charge in [0.2, 0.25) is 0 Å². The number of nitrogens with zero attached hydrogens (tertiary/aromatic N) is 3. The van der Waals surface area contributed by atoms with E-state index in [-0.39, 0.29) is 17.0 Å². The van der Waals surface area contributed by atoms with Crippen LogP contribution in [0.5, 0.6) is 5.75 Å². The van der Waals surface area contributed by atoms with Crippen LogP contribution < -0.4 is 9.64 Å². The van der Waals surface area contributed by atoms with Gasteiger partial charge in [0, 0.05) is 22.6 Å². The number of benzene rings is 2. The highest BCUT2D eigenvalue weighted by Crippen LogP contribution is 2.44. The van der Waals surface area contributed by atoms with Gasteiger partial charge < -0.3 is 9.84 Å². The Morgan fingerprint density at radius 2 is 1.79 bits per heavy atom. The minimum Gasteiger partial charge on any atom is -0.507 e. The number of rotatable bonds is 6. The molecule has 3 aromatic rings. The number of thiazole rings is 1. The largest absolute Gasteiger partial charge is 0.507 e. The summed E-state index contributed by atoms with van der Waals surface area (Å²) in [5, 5.41) is 22.6.